The van der Waals surface area contributed by atoms with Crippen molar-refractivity contribution in [3.05, 3.63) is 65.7 Å². The van der Waals surface area contributed by atoms with E-state index in [1.165, 1.54) is 36.4 Å². The molecule has 0 radical (unpaired) electrons. The maximum atomic E-state index is 13.0. The van der Waals surface area contributed by atoms with Gasteiger partial charge in [0, 0.05) is 18.8 Å². The van der Waals surface area contributed by atoms with Crippen LogP contribution in [0.1, 0.15) is 18.4 Å². The van der Waals surface area contributed by atoms with E-state index in [1.54, 1.807) is 12.1 Å². The fourth-order valence-corrected chi connectivity index (χ4v) is 3.07. The zero-order valence-corrected chi connectivity index (χ0v) is 13.7. The Morgan fingerprint density at radius 2 is 1.52 bits per heavy atom. The average Bonchev–Trinajstić information content (AvgIpc) is 2.60. The van der Waals surface area contributed by atoms with Crippen molar-refractivity contribution in [2.75, 3.05) is 25.0 Å². The molecule has 0 atom stereocenters. The number of nitrogens with one attached hydrogen (secondary N) is 1. The summed E-state index contributed by atoms with van der Waals surface area (Å²) in [6.45, 7) is 1.33. The van der Waals surface area contributed by atoms with Crippen molar-refractivity contribution in [1.82, 2.24) is 4.90 Å². The van der Waals surface area contributed by atoms with Crippen LogP contribution in [0.4, 0.5) is 14.5 Å². The fourth-order valence-electron chi connectivity index (χ4n) is 3.07. The highest BCUT2D eigenvalue weighted by Crippen LogP contribution is 2.32. The number of hydrogen-bond acceptors (Lipinski definition) is 3. The molecule has 0 bridgehead atoms. The molecule has 4 nitrogen and oxygen atoms in total. The standard InChI is InChI=1S/C19H20F2N2O2/c20-15-3-1-14(2-4-15)19(25)9-11-23(12-10-19)13-18(24)22-17-7-5-16(21)6-8-17/h1-8,25H,9-13H2,(H,22,24). The number of hydrogen-bond donors (Lipinski definition) is 2. The number of piperidine rings is 1. The van der Waals surface area contributed by atoms with Gasteiger partial charge in [-0.25, -0.2) is 8.78 Å². The minimum atomic E-state index is -0.988. The second-order valence-electron chi connectivity index (χ2n) is 6.37. The Bertz CT molecular complexity index is 724. The van der Waals surface area contributed by atoms with Crippen LogP contribution >= 0.6 is 0 Å². The van der Waals surface area contributed by atoms with Gasteiger partial charge in [-0.2, -0.15) is 0 Å². The summed E-state index contributed by atoms with van der Waals surface area (Å²) in [6, 6.07) is 11.5. The molecule has 0 spiro atoms. The van der Waals surface area contributed by atoms with Gasteiger partial charge in [-0.3, -0.25) is 9.69 Å². The molecular weight excluding hydrogens is 326 g/mol. The van der Waals surface area contributed by atoms with Gasteiger partial charge in [-0.15, -0.1) is 0 Å². The highest BCUT2D eigenvalue weighted by atomic mass is 19.1. The monoisotopic (exact) mass is 346 g/mol. The van der Waals surface area contributed by atoms with Crippen molar-refractivity contribution in [2.45, 2.75) is 18.4 Å². The Hall–Kier alpha value is -2.31. The molecule has 1 saturated heterocycles. The molecule has 1 aliphatic heterocycles. The molecule has 0 aromatic heterocycles. The molecule has 1 fully saturated rings. The second-order valence-corrected chi connectivity index (χ2v) is 6.37. The third kappa shape index (κ3) is 4.41. The largest absolute Gasteiger partial charge is 0.385 e. The summed E-state index contributed by atoms with van der Waals surface area (Å²) in [5, 5.41) is 13.5. The van der Waals surface area contributed by atoms with E-state index in [1.807, 2.05) is 4.90 Å². The van der Waals surface area contributed by atoms with Gasteiger partial charge in [0.05, 0.1) is 12.1 Å². The van der Waals surface area contributed by atoms with Crippen LogP contribution in [-0.4, -0.2) is 35.5 Å². The van der Waals surface area contributed by atoms with Crippen molar-refractivity contribution in [2.24, 2.45) is 0 Å². The molecule has 1 heterocycles. The SMILES string of the molecule is O=C(CN1CCC(O)(c2ccc(F)cc2)CC1)Nc1ccc(F)cc1. The Morgan fingerprint density at radius 3 is 2.08 bits per heavy atom. The van der Waals surface area contributed by atoms with E-state index in [-0.39, 0.29) is 24.1 Å². The molecule has 132 valence electrons. The average molecular weight is 346 g/mol. The van der Waals surface area contributed by atoms with Crippen LogP contribution in [0.25, 0.3) is 0 Å². The molecule has 0 unspecified atom stereocenters. The summed E-state index contributed by atoms with van der Waals surface area (Å²) < 4.78 is 25.9. The molecule has 25 heavy (non-hydrogen) atoms. The second kappa shape index (κ2) is 7.29. The van der Waals surface area contributed by atoms with Gasteiger partial charge >= 0.3 is 0 Å². The summed E-state index contributed by atoms with van der Waals surface area (Å²) in [5.41, 5.74) is 0.257. The Labute approximate surface area is 145 Å². The quantitative estimate of drug-likeness (QED) is 0.895. The lowest BCUT2D eigenvalue weighted by Crippen LogP contribution is -2.45. The van der Waals surface area contributed by atoms with E-state index in [9.17, 15) is 18.7 Å². The van der Waals surface area contributed by atoms with Crippen molar-refractivity contribution in [1.29, 1.82) is 0 Å². The molecular formula is C19H20F2N2O2. The highest BCUT2D eigenvalue weighted by Gasteiger charge is 2.34. The van der Waals surface area contributed by atoms with Crippen LogP contribution < -0.4 is 5.32 Å². The van der Waals surface area contributed by atoms with Crippen LogP contribution in [0.2, 0.25) is 0 Å². The number of aliphatic hydroxyl groups is 1. The van der Waals surface area contributed by atoms with Crippen molar-refractivity contribution in [3.63, 3.8) is 0 Å². The number of carbonyl (C=O) groups is 1. The van der Waals surface area contributed by atoms with Crippen LogP contribution in [-0.2, 0) is 10.4 Å². The van der Waals surface area contributed by atoms with Crippen molar-refractivity contribution >= 4 is 11.6 Å². The van der Waals surface area contributed by atoms with Crippen molar-refractivity contribution in [3.8, 4) is 0 Å². The summed E-state index contributed by atoms with van der Waals surface area (Å²) in [7, 11) is 0. The molecule has 2 N–H and O–H groups in total. The first-order valence-electron chi connectivity index (χ1n) is 8.21. The summed E-state index contributed by atoms with van der Waals surface area (Å²) in [4.78, 5) is 14.0. The molecule has 3 rings (SSSR count). The van der Waals surface area contributed by atoms with E-state index in [4.69, 9.17) is 0 Å². The minimum Gasteiger partial charge on any atom is -0.385 e. The number of halogens is 2. The number of rotatable bonds is 4. The first kappa shape index (κ1) is 17.5. The Kier molecular flexibility index (Phi) is 5.11. The van der Waals surface area contributed by atoms with E-state index in [2.05, 4.69) is 5.32 Å². The van der Waals surface area contributed by atoms with E-state index < -0.39 is 5.60 Å². The predicted molar refractivity (Wildman–Crippen MR) is 91.0 cm³/mol. The third-order valence-corrected chi connectivity index (χ3v) is 4.56. The normalized spacial score (nSPS) is 17.2. The lowest BCUT2D eigenvalue weighted by atomic mass is 9.84. The maximum Gasteiger partial charge on any atom is 0.238 e. The molecule has 2 aromatic rings. The van der Waals surface area contributed by atoms with E-state index in [0.717, 1.165) is 0 Å². The van der Waals surface area contributed by atoms with Crippen LogP contribution in [0, 0.1) is 11.6 Å². The molecule has 0 saturated carbocycles. The smallest absolute Gasteiger partial charge is 0.238 e. The van der Waals surface area contributed by atoms with Gasteiger partial charge in [0.2, 0.25) is 5.91 Å². The summed E-state index contributed by atoms with van der Waals surface area (Å²) in [5.74, 6) is -0.866. The van der Waals surface area contributed by atoms with Gasteiger partial charge in [0.1, 0.15) is 11.6 Å². The first-order valence-corrected chi connectivity index (χ1v) is 8.21. The number of carbonyl (C=O) groups excluding carboxylic acids is 1. The zero-order valence-electron chi connectivity index (χ0n) is 13.7. The summed E-state index contributed by atoms with van der Waals surface area (Å²) in [6.07, 6.45) is 0.949. The van der Waals surface area contributed by atoms with Gasteiger partial charge in [0.15, 0.2) is 0 Å². The van der Waals surface area contributed by atoms with Crippen LogP contribution in [0.15, 0.2) is 48.5 Å². The predicted octanol–water partition coefficient (Wildman–Crippen LogP) is 2.89. The Morgan fingerprint density at radius 1 is 1.00 bits per heavy atom. The van der Waals surface area contributed by atoms with Crippen molar-refractivity contribution < 1.29 is 18.7 Å². The maximum absolute atomic E-state index is 13.0. The number of benzene rings is 2. The van der Waals surface area contributed by atoms with E-state index >= 15 is 0 Å². The fraction of sp³-hybridized carbons (Fsp3) is 0.316. The molecule has 1 aliphatic rings. The van der Waals surface area contributed by atoms with Gasteiger partial charge in [-0.1, -0.05) is 12.1 Å². The van der Waals surface area contributed by atoms with Gasteiger partial charge < -0.3 is 10.4 Å². The van der Waals surface area contributed by atoms with Gasteiger partial charge in [-0.05, 0) is 54.8 Å². The van der Waals surface area contributed by atoms with Crippen LogP contribution in [0.5, 0.6) is 0 Å². The number of amides is 1. The third-order valence-electron chi connectivity index (χ3n) is 4.56. The number of likely N-dealkylation sites (tertiary alicyclic amines) is 1. The minimum absolute atomic E-state index is 0.182. The highest BCUT2D eigenvalue weighted by molar-refractivity contribution is 5.92. The topological polar surface area (TPSA) is 52.6 Å². The molecule has 1 amide bonds. The van der Waals surface area contributed by atoms with Crippen LogP contribution in [0.3, 0.4) is 0 Å². The molecule has 0 aliphatic carbocycles. The first-order chi connectivity index (χ1) is 11.9. The Balaban J connectivity index is 1.52. The molecule has 6 heteroatoms. The van der Waals surface area contributed by atoms with Gasteiger partial charge in [0.25, 0.3) is 0 Å². The molecule has 2 aromatic carbocycles. The lowest BCUT2D eigenvalue weighted by Gasteiger charge is -2.38. The summed E-state index contributed by atoms with van der Waals surface area (Å²) >= 11 is 0. The van der Waals surface area contributed by atoms with E-state index in [0.29, 0.717) is 37.2 Å². The lowest BCUT2D eigenvalue weighted by molar-refractivity contribution is -0.118. The number of nitrogens with zero attached hydrogens (tertiary/aromatic N) is 1. The number of anilines is 1. The zero-order chi connectivity index (χ0) is 17.9.